The highest BCUT2D eigenvalue weighted by Gasteiger charge is 1.98. The molecule has 0 radical (unpaired) electrons. The molecular formula is C12H11NO2. The summed E-state index contributed by atoms with van der Waals surface area (Å²) in [5.41, 5.74) is 0.0810. The first-order chi connectivity index (χ1) is 7.30. The number of hydrogen-bond donors (Lipinski definition) is 1. The summed E-state index contributed by atoms with van der Waals surface area (Å²) in [5.74, 6) is -0.990. The van der Waals surface area contributed by atoms with Gasteiger partial charge in [-0.15, -0.1) is 0 Å². The topological polar surface area (TPSA) is 50.2 Å². The highest BCUT2D eigenvalue weighted by molar-refractivity contribution is 5.85. The van der Waals surface area contributed by atoms with Crippen LogP contribution in [0, 0.1) is 0 Å². The van der Waals surface area contributed by atoms with Gasteiger partial charge in [0.25, 0.3) is 0 Å². The van der Waals surface area contributed by atoms with Gasteiger partial charge in [-0.3, -0.25) is 0 Å². The summed E-state index contributed by atoms with van der Waals surface area (Å²) in [6.07, 6.45) is 1.45. The van der Waals surface area contributed by atoms with E-state index < -0.39 is 5.97 Å². The lowest BCUT2D eigenvalue weighted by molar-refractivity contribution is 0.0690. The van der Waals surface area contributed by atoms with Crippen molar-refractivity contribution >= 4 is 5.97 Å². The second-order valence-electron chi connectivity index (χ2n) is 2.67. The summed E-state index contributed by atoms with van der Waals surface area (Å²) in [6.45, 7) is 0. The molecule has 76 valence electrons. The normalized spacial score (nSPS) is 8.53. The van der Waals surface area contributed by atoms with Crippen LogP contribution in [0.3, 0.4) is 0 Å². The summed E-state index contributed by atoms with van der Waals surface area (Å²) < 4.78 is 0. The van der Waals surface area contributed by atoms with E-state index in [-0.39, 0.29) is 5.69 Å². The van der Waals surface area contributed by atoms with E-state index in [0.29, 0.717) is 0 Å². The van der Waals surface area contributed by atoms with Crippen LogP contribution in [0.1, 0.15) is 10.5 Å². The molecule has 0 spiro atoms. The Balaban J connectivity index is 0.000000162. The fraction of sp³-hybridized carbons (Fsp3) is 0. The molecule has 0 bridgehead atoms. The van der Waals surface area contributed by atoms with E-state index in [4.69, 9.17) is 5.11 Å². The first kappa shape index (κ1) is 10.9. The quantitative estimate of drug-likeness (QED) is 0.771. The van der Waals surface area contributed by atoms with Gasteiger partial charge >= 0.3 is 5.97 Å². The van der Waals surface area contributed by atoms with Crippen molar-refractivity contribution in [2.75, 3.05) is 0 Å². The van der Waals surface area contributed by atoms with Gasteiger partial charge in [0.05, 0.1) is 0 Å². The Labute approximate surface area is 88.0 Å². The first-order valence-corrected chi connectivity index (χ1v) is 4.45. The van der Waals surface area contributed by atoms with Crippen LogP contribution < -0.4 is 0 Å². The number of pyridine rings is 1. The van der Waals surface area contributed by atoms with E-state index in [1.54, 1.807) is 12.1 Å². The van der Waals surface area contributed by atoms with Gasteiger partial charge in [-0.05, 0) is 12.1 Å². The summed E-state index contributed by atoms with van der Waals surface area (Å²) in [6, 6.07) is 16.8. The molecule has 15 heavy (non-hydrogen) atoms. The van der Waals surface area contributed by atoms with Crippen molar-refractivity contribution < 1.29 is 9.90 Å². The first-order valence-electron chi connectivity index (χ1n) is 4.45. The van der Waals surface area contributed by atoms with Crippen LogP contribution in [0.5, 0.6) is 0 Å². The fourth-order valence-corrected chi connectivity index (χ4v) is 0.874. The number of aromatic carboxylic acids is 1. The minimum Gasteiger partial charge on any atom is -0.477 e. The number of benzene rings is 1. The Morgan fingerprint density at radius 1 is 0.933 bits per heavy atom. The van der Waals surface area contributed by atoms with E-state index in [9.17, 15) is 4.79 Å². The molecule has 2 aromatic rings. The van der Waals surface area contributed by atoms with Crippen molar-refractivity contribution in [2.45, 2.75) is 0 Å². The van der Waals surface area contributed by atoms with Crippen LogP contribution in [-0.2, 0) is 0 Å². The van der Waals surface area contributed by atoms with Crippen molar-refractivity contribution in [1.82, 2.24) is 4.98 Å². The smallest absolute Gasteiger partial charge is 0.354 e. The zero-order valence-electron chi connectivity index (χ0n) is 8.08. The molecule has 0 aliphatic carbocycles. The SMILES string of the molecule is O=C(O)c1ccccn1.c1ccccc1. The summed E-state index contributed by atoms with van der Waals surface area (Å²) in [7, 11) is 0. The Kier molecular flexibility index (Phi) is 4.60. The Morgan fingerprint density at radius 3 is 1.73 bits per heavy atom. The predicted molar refractivity (Wildman–Crippen MR) is 57.6 cm³/mol. The van der Waals surface area contributed by atoms with Crippen molar-refractivity contribution in [1.29, 1.82) is 0 Å². The van der Waals surface area contributed by atoms with Gasteiger partial charge < -0.3 is 5.11 Å². The summed E-state index contributed by atoms with van der Waals surface area (Å²) in [5, 5.41) is 8.32. The molecule has 1 heterocycles. The standard InChI is InChI=1S/C6H5NO2.C6H6/c8-6(9)5-3-1-2-4-7-5;1-2-4-6-5-3-1/h1-4H,(H,8,9);1-6H. The molecule has 3 heteroatoms. The third kappa shape index (κ3) is 4.57. The average molecular weight is 201 g/mol. The monoisotopic (exact) mass is 201 g/mol. The van der Waals surface area contributed by atoms with E-state index in [1.165, 1.54) is 12.3 Å². The van der Waals surface area contributed by atoms with E-state index in [2.05, 4.69) is 4.98 Å². The van der Waals surface area contributed by atoms with Gasteiger partial charge in [-0.2, -0.15) is 0 Å². The molecule has 1 N–H and O–H groups in total. The lowest BCUT2D eigenvalue weighted by Crippen LogP contribution is -1.97. The predicted octanol–water partition coefficient (Wildman–Crippen LogP) is 2.47. The maximum Gasteiger partial charge on any atom is 0.354 e. The maximum atomic E-state index is 10.1. The highest BCUT2D eigenvalue weighted by Crippen LogP contribution is 1.90. The van der Waals surface area contributed by atoms with Crippen LogP contribution in [0.2, 0.25) is 0 Å². The highest BCUT2D eigenvalue weighted by atomic mass is 16.4. The minimum atomic E-state index is -0.990. The molecule has 0 atom stereocenters. The van der Waals surface area contributed by atoms with Gasteiger partial charge in [-0.25, -0.2) is 9.78 Å². The van der Waals surface area contributed by atoms with Crippen molar-refractivity contribution in [3.8, 4) is 0 Å². The van der Waals surface area contributed by atoms with Crippen LogP contribution in [0.4, 0.5) is 0 Å². The second-order valence-corrected chi connectivity index (χ2v) is 2.67. The lowest BCUT2D eigenvalue weighted by atomic mass is 10.4. The Hall–Kier alpha value is -2.16. The van der Waals surface area contributed by atoms with Gasteiger partial charge in [0.1, 0.15) is 5.69 Å². The zero-order valence-corrected chi connectivity index (χ0v) is 8.08. The van der Waals surface area contributed by atoms with E-state index in [1.807, 2.05) is 36.4 Å². The van der Waals surface area contributed by atoms with Gasteiger partial charge in [-0.1, -0.05) is 42.5 Å². The number of carboxylic acids is 1. The van der Waals surface area contributed by atoms with Crippen LogP contribution in [-0.4, -0.2) is 16.1 Å². The molecule has 0 saturated carbocycles. The lowest BCUT2D eigenvalue weighted by Gasteiger charge is -1.87. The summed E-state index contributed by atoms with van der Waals surface area (Å²) in [4.78, 5) is 13.7. The number of rotatable bonds is 1. The van der Waals surface area contributed by atoms with E-state index in [0.717, 1.165) is 0 Å². The number of carbonyl (C=O) groups is 1. The Morgan fingerprint density at radius 2 is 1.47 bits per heavy atom. The Bertz CT molecular complexity index is 360. The van der Waals surface area contributed by atoms with Gasteiger partial charge in [0.15, 0.2) is 0 Å². The third-order valence-corrected chi connectivity index (χ3v) is 1.55. The van der Waals surface area contributed by atoms with Gasteiger partial charge in [0, 0.05) is 6.20 Å². The van der Waals surface area contributed by atoms with Crippen LogP contribution in [0.25, 0.3) is 0 Å². The van der Waals surface area contributed by atoms with Crippen LogP contribution in [0.15, 0.2) is 60.8 Å². The molecule has 0 unspecified atom stereocenters. The largest absolute Gasteiger partial charge is 0.477 e. The minimum absolute atomic E-state index is 0.0810. The molecule has 1 aromatic carbocycles. The summed E-state index contributed by atoms with van der Waals surface area (Å²) >= 11 is 0. The molecule has 3 nitrogen and oxygen atoms in total. The second kappa shape index (κ2) is 6.32. The molecule has 1 aromatic heterocycles. The molecule has 0 aliphatic heterocycles. The molecule has 2 rings (SSSR count). The third-order valence-electron chi connectivity index (χ3n) is 1.55. The molecule has 0 amide bonds. The van der Waals surface area contributed by atoms with Gasteiger partial charge in [0.2, 0.25) is 0 Å². The number of aromatic nitrogens is 1. The number of carboxylic acid groups (broad SMARTS) is 1. The maximum absolute atomic E-state index is 10.1. The van der Waals surface area contributed by atoms with Crippen molar-refractivity contribution in [3.63, 3.8) is 0 Å². The fourth-order valence-electron chi connectivity index (χ4n) is 0.874. The van der Waals surface area contributed by atoms with Crippen LogP contribution >= 0.6 is 0 Å². The molecule has 0 saturated heterocycles. The van der Waals surface area contributed by atoms with Crippen molar-refractivity contribution in [3.05, 3.63) is 66.5 Å². The molecule has 0 aliphatic rings. The van der Waals surface area contributed by atoms with E-state index >= 15 is 0 Å². The number of nitrogens with zero attached hydrogens (tertiary/aromatic N) is 1. The average Bonchev–Trinajstić information content (AvgIpc) is 2.33. The molecular weight excluding hydrogens is 190 g/mol. The zero-order chi connectivity index (χ0) is 10.9. The van der Waals surface area contributed by atoms with Crippen molar-refractivity contribution in [2.24, 2.45) is 0 Å². The number of hydrogen-bond acceptors (Lipinski definition) is 2. The molecule has 0 fully saturated rings.